The summed E-state index contributed by atoms with van der Waals surface area (Å²) in [4.78, 5) is 2.33. The third-order valence-corrected chi connectivity index (χ3v) is 3.37. The number of rotatable bonds is 3. The lowest BCUT2D eigenvalue weighted by molar-refractivity contribution is -0.0799. The van der Waals surface area contributed by atoms with Crippen LogP contribution in [0, 0.1) is 5.82 Å². The van der Waals surface area contributed by atoms with Gasteiger partial charge in [0.05, 0.1) is 12.2 Å². The van der Waals surface area contributed by atoms with Gasteiger partial charge in [-0.2, -0.15) is 0 Å². The number of morpholine rings is 1. The fourth-order valence-corrected chi connectivity index (χ4v) is 2.65. The fourth-order valence-electron chi connectivity index (χ4n) is 2.65. The SMILES string of the molecule is CC1CN(C(CN)c2ccc(F)cc2)CC(C)O1. The maximum Gasteiger partial charge on any atom is 0.123 e. The van der Waals surface area contributed by atoms with Crippen LogP contribution in [0.25, 0.3) is 0 Å². The average Bonchev–Trinajstić information content (AvgIpc) is 2.31. The molecule has 1 fully saturated rings. The average molecular weight is 252 g/mol. The minimum absolute atomic E-state index is 0.138. The number of benzene rings is 1. The van der Waals surface area contributed by atoms with Crippen molar-refractivity contribution in [3.05, 3.63) is 35.6 Å². The van der Waals surface area contributed by atoms with E-state index in [0.29, 0.717) is 6.54 Å². The van der Waals surface area contributed by atoms with Gasteiger partial charge < -0.3 is 10.5 Å². The van der Waals surface area contributed by atoms with Gasteiger partial charge in [-0.25, -0.2) is 4.39 Å². The summed E-state index contributed by atoms with van der Waals surface area (Å²) in [5.74, 6) is -0.210. The molecule has 3 nitrogen and oxygen atoms in total. The Kier molecular flexibility index (Phi) is 4.32. The topological polar surface area (TPSA) is 38.5 Å². The summed E-state index contributed by atoms with van der Waals surface area (Å²) in [6, 6.07) is 6.76. The minimum Gasteiger partial charge on any atom is -0.373 e. The van der Waals surface area contributed by atoms with Crippen molar-refractivity contribution in [2.45, 2.75) is 32.1 Å². The van der Waals surface area contributed by atoms with E-state index in [1.165, 1.54) is 12.1 Å². The monoisotopic (exact) mass is 252 g/mol. The second-order valence-electron chi connectivity index (χ2n) is 5.01. The van der Waals surface area contributed by atoms with Crippen LogP contribution in [-0.2, 0) is 4.74 Å². The maximum absolute atomic E-state index is 13.0. The normalized spacial score (nSPS) is 27.1. The van der Waals surface area contributed by atoms with Crippen LogP contribution < -0.4 is 5.73 Å². The van der Waals surface area contributed by atoms with Gasteiger partial charge >= 0.3 is 0 Å². The van der Waals surface area contributed by atoms with Gasteiger partial charge in [0.25, 0.3) is 0 Å². The van der Waals surface area contributed by atoms with Gasteiger partial charge in [0, 0.05) is 25.7 Å². The molecule has 1 aliphatic heterocycles. The summed E-state index contributed by atoms with van der Waals surface area (Å²) in [6.45, 7) is 6.40. The molecule has 3 atom stereocenters. The fraction of sp³-hybridized carbons (Fsp3) is 0.571. The highest BCUT2D eigenvalue weighted by molar-refractivity contribution is 5.20. The van der Waals surface area contributed by atoms with Gasteiger partial charge in [-0.3, -0.25) is 4.90 Å². The Labute approximate surface area is 108 Å². The molecule has 18 heavy (non-hydrogen) atoms. The van der Waals surface area contributed by atoms with Crippen LogP contribution in [0.5, 0.6) is 0 Å². The molecule has 1 aromatic rings. The number of nitrogens with two attached hydrogens (primary N) is 1. The first kappa shape index (κ1) is 13.5. The molecule has 3 unspecified atom stereocenters. The standard InChI is InChI=1S/C14H21FN2O/c1-10-8-17(9-11(2)18-10)14(7-16)12-3-5-13(15)6-4-12/h3-6,10-11,14H,7-9,16H2,1-2H3. The molecule has 100 valence electrons. The Bertz CT molecular complexity index is 372. The molecule has 2 N–H and O–H groups in total. The first-order valence-electron chi connectivity index (χ1n) is 6.45. The van der Waals surface area contributed by atoms with E-state index >= 15 is 0 Å². The van der Waals surface area contributed by atoms with Crippen molar-refractivity contribution in [1.82, 2.24) is 4.90 Å². The molecule has 0 saturated carbocycles. The highest BCUT2D eigenvalue weighted by atomic mass is 19.1. The molecule has 0 spiro atoms. The van der Waals surface area contributed by atoms with Crippen molar-refractivity contribution < 1.29 is 9.13 Å². The van der Waals surface area contributed by atoms with Crippen molar-refractivity contribution >= 4 is 0 Å². The van der Waals surface area contributed by atoms with Gasteiger partial charge in [0.15, 0.2) is 0 Å². The first-order valence-corrected chi connectivity index (χ1v) is 6.45. The number of hydrogen-bond acceptors (Lipinski definition) is 3. The lowest BCUT2D eigenvalue weighted by atomic mass is 10.0. The summed E-state index contributed by atoms with van der Waals surface area (Å²) in [5.41, 5.74) is 6.96. The van der Waals surface area contributed by atoms with Gasteiger partial charge in [0.2, 0.25) is 0 Å². The first-order chi connectivity index (χ1) is 8.60. The largest absolute Gasteiger partial charge is 0.373 e. The quantitative estimate of drug-likeness (QED) is 0.893. The van der Waals surface area contributed by atoms with E-state index in [9.17, 15) is 4.39 Å². The third-order valence-electron chi connectivity index (χ3n) is 3.37. The van der Waals surface area contributed by atoms with Crippen LogP contribution >= 0.6 is 0 Å². The number of hydrogen-bond donors (Lipinski definition) is 1. The molecule has 4 heteroatoms. The Hall–Kier alpha value is -0.970. The van der Waals surface area contributed by atoms with Crippen LogP contribution in [0.15, 0.2) is 24.3 Å². The van der Waals surface area contributed by atoms with E-state index in [1.54, 1.807) is 0 Å². The molecule has 0 radical (unpaired) electrons. The molecule has 1 aliphatic rings. The predicted octanol–water partition coefficient (Wildman–Crippen LogP) is 1.93. The molecule has 0 aliphatic carbocycles. The smallest absolute Gasteiger partial charge is 0.123 e. The second kappa shape index (κ2) is 5.78. The Morgan fingerprint density at radius 2 is 1.83 bits per heavy atom. The van der Waals surface area contributed by atoms with E-state index in [1.807, 2.05) is 12.1 Å². The van der Waals surface area contributed by atoms with Crippen molar-refractivity contribution in [3.8, 4) is 0 Å². The minimum atomic E-state index is -0.210. The van der Waals surface area contributed by atoms with Crippen molar-refractivity contribution in [2.24, 2.45) is 5.73 Å². The summed E-state index contributed by atoms with van der Waals surface area (Å²) < 4.78 is 18.7. The molecule has 2 rings (SSSR count). The number of nitrogens with zero attached hydrogens (tertiary/aromatic N) is 1. The summed E-state index contributed by atoms with van der Waals surface area (Å²) in [6.07, 6.45) is 0.423. The summed E-state index contributed by atoms with van der Waals surface area (Å²) in [5, 5.41) is 0. The Morgan fingerprint density at radius 3 is 2.33 bits per heavy atom. The summed E-state index contributed by atoms with van der Waals surface area (Å²) >= 11 is 0. The Balaban J connectivity index is 2.14. The zero-order valence-corrected chi connectivity index (χ0v) is 11.0. The van der Waals surface area contributed by atoms with Gasteiger partial charge in [0.1, 0.15) is 5.82 Å². The molecule has 0 amide bonds. The molecule has 1 aromatic carbocycles. The van der Waals surface area contributed by atoms with Crippen LogP contribution in [0.2, 0.25) is 0 Å². The van der Waals surface area contributed by atoms with Gasteiger partial charge in [-0.15, -0.1) is 0 Å². The highest BCUT2D eigenvalue weighted by Crippen LogP contribution is 2.24. The Morgan fingerprint density at radius 1 is 1.28 bits per heavy atom. The van der Waals surface area contributed by atoms with Crippen LogP contribution in [0.3, 0.4) is 0 Å². The van der Waals surface area contributed by atoms with Crippen LogP contribution in [-0.4, -0.2) is 36.7 Å². The van der Waals surface area contributed by atoms with Crippen molar-refractivity contribution in [2.75, 3.05) is 19.6 Å². The van der Waals surface area contributed by atoms with Crippen molar-refractivity contribution in [1.29, 1.82) is 0 Å². The zero-order chi connectivity index (χ0) is 13.1. The predicted molar refractivity (Wildman–Crippen MR) is 69.8 cm³/mol. The third kappa shape index (κ3) is 3.07. The maximum atomic E-state index is 13.0. The van der Waals surface area contributed by atoms with Gasteiger partial charge in [-0.05, 0) is 31.5 Å². The lowest BCUT2D eigenvalue weighted by Gasteiger charge is -2.40. The molecule has 1 saturated heterocycles. The van der Waals surface area contributed by atoms with Crippen LogP contribution in [0.4, 0.5) is 4.39 Å². The molecule has 0 aromatic heterocycles. The molecule has 0 bridgehead atoms. The summed E-state index contributed by atoms with van der Waals surface area (Å²) in [7, 11) is 0. The van der Waals surface area contributed by atoms with Gasteiger partial charge in [-0.1, -0.05) is 12.1 Å². The van der Waals surface area contributed by atoms with Crippen LogP contribution in [0.1, 0.15) is 25.5 Å². The molecular weight excluding hydrogens is 231 g/mol. The number of ether oxygens (including phenoxy) is 1. The van der Waals surface area contributed by atoms with E-state index in [4.69, 9.17) is 10.5 Å². The highest BCUT2D eigenvalue weighted by Gasteiger charge is 2.28. The molecular formula is C14H21FN2O. The van der Waals surface area contributed by atoms with E-state index < -0.39 is 0 Å². The second-order valence-corrected chi connectivity index (χ2v) is 5.01. The molecule has 1 heterocycles. The lowest BCUT2D eigenvalue weighted by Crippen LogP contribution is -2.48. The van der Waals surface area contributed by atoms with E-state index in [0.717, 1.165) is 18.7 Å². The van der Waals surface area contributed by atoms with E-state index in [2.05, 4.69) is 18.7 Å². The number of halogens is 1. The zero-order valence-electron chi connectivity index (χ0n) is 11.0. The van der Waals surface area contributed by atoms with Crippen molar-refractivity contribution in [3.63, 3.8) is 0 Å². The van der Waals surface area contributed by atoms with E-state index in [-0.39, 0.29) is 24.1 Å².